The average molecular weight is 320 g/mol. The normalized spacial score (nSPS) is 13.9. The molecule has 4 heteroatoms. The molecule has 3 rings (SSSR count). The van der Waals surface area contributed by atoms with E-state index in [1.807, 2.05) is 19.2 Å². The van der Waals surface area contributed by atoms with Gasteiger partial charge in [0.25, 0.3) is 0 Å². The number of amides is 2. The topological polar surface area (TPSA) is 63.4 Å². The highest BCUT2D eigenvalue weighted by atomic mass is 16.2. The molecule has 0 atom stereocenters. The molecule has 1 aliphatic rings. The summed E-state index contributed by atoms with van der Waals surface area (Å²) in [7, 11) is 1.85. The van der Waals surface area contributed by atoms with Crippen molar-refractivity contribution in [2.75, 3.05) is 7.05 Å². The maximum Gasteiger partial charge on any atom is 0.248 e. The summed E-state index contributed by atoms with van der Waals surface area (Å²) in [6.07, 6.45) is 5.13. The maximum absolute atomic E-state index is 12.4. The Labute approximate surface area is 141 Å². The van der Waals surface area contributed by atoms with E-state index in [0.29, 0.717) is 5.56 Å². The van der Waals surface area contributed by atoms with Crippen molar-refractivity contribution in [1.29, 1.82) is 0 Å². The van der Waals surface area contributed by atoms with Gasteiger partial charge >= 0.3 is 0 Å². The van der Waals surface area contributed by atoms with Gasteiger partial charge in [-0.15, -0.1) is 0 Å². The molecule has 1 aliphatic carbocycles. The van der Waals surface area contributed by atoms with Gasteiger partial charge in [0, 0.05) is 24.7 Å². The highest BCUT2D eigenvalue weighted by Gasteiger charge is 2.26. The Morgan fingerprint density at radius 1 is 1.04 bits per heavy atom. The van der Waals surface area contributed by atoms with Crippen LogP contribution >= 0.6 is 0 Å². The predicted octanol–water partition coefficient (Wildman–Crippen LogP) is 2.42. The quantitative estimate of drug-likeness (QED) is 0.879. The van der Waals surface area contributed by atoms with Gasteiger partial charge in [-0.3, -0.25) is 9.59 Å². The summed E-state index contributed by atoms with van der Waals surface area (Å²) in [6, 6.07) is 15.4. The lowest BCUT2D eigenvalue weighted by molar-refractivity contribution is -0.126. The van der Waals surface area contributed by atoms with Crippen LogP contribution in [-0.2, 0) is 17.6 Å². The molecule has 2 amide bonds. The highest BCUT2D eigenvalue weighted by Crippen LogP contribution is 2.24. The molecule has 4 nitrogen and oxygen atoms in total. The van der Waals surface area contributed by atoms with Crippen LogP contribution in [0.5, 0.6) is 0 Å². The first kappa shape index (κ1) is 16.0. The average Bonchev–Trinajstić information content (AvgIpc) is 3.03. The molecule has 0 heterocycles. The van der Waals surface area contributed by atoms with E-state index in [4.69, 9.17) is 5.73 Å². The summed E-state index contributed by atoms with van der Waals surface area (Å²) in [4.78, 5) is 25.2. The van der Waals surface area contributed by atoms with Crippen LogP contribution < -0.4 is 5.73 Å². The molecule has 122 valence electrons. The fourth-order valence-electron chi connectivity index (χ4n) is 3.03. The zero-order valence-electron chi connectivity index (χ0n) is 13.6. The second kappa shape index (κ2) is 6.71. The Morgan fingerprint density at radius 2 is 1.62 bits per heavy atom. The first-order valence-electron chi connectivity index (χ1n) is 7.96. The van der Waals surface area contributed by atoms with Crippen molar-refractivity contribution in [3.8, 4) is 0 Å². The van der Waals surface area contributed by atoms with E-state index in [2.05, 4.69) is 12.1 Å². The Bertz CT molecular complexity index is 769. The van der Waals surface area contributed by atoms with Crippen LogP contribution in [0.4, 0.5) is 0 Å². The second-order valence-electron chi connectivity index (χ2n) is 6.10. The number of rotatable bonds is 4. The predicted molar refractivity (Wildman–Crippen MR) is 94.4 cm³/mol. The van der Waals surface area contributed by atoms with Crippen molar-refractivity contribution >= 4 is 17.9 Å². The number of primary amides is 1. The molecule has 2 aromatic carbocycles. The van der Waals surface area contributed by atoms with E-state index in [9.17, 15) is 9.59 Å². The fraction of sp³-hybridized carbons (Fsp3) is 0.200. The summed E-state index contributed by atoms with van der Waals surface area (Å²) >= 11 is 0. The van der Waals surface area contributed by atoms with Crippen molar-refractivity contribution in [3.63, 3.8) is 0 Å². The summed E-state index contributed by atoms with van der Waals surface area (Å²) < 4.78 is 0. The van der Waals surface area contributed by atoms with E-state index in [1.165, 1.54) is 11.1 Å². The molecule has 0 aliphatic heterocycles. The first-order valence-corrected chi connectivity index (χ1v) is 7.96. The Morgan fingerprint density at radius 3 is 2.17 bits per heavy atom. The number of nitrogens with zero attached hydrogens (tertiary/aromatic N) is 1. The number of carbonyl (C=O) groups excluding carboxylic acids is 2. The Balaban J connectivity index is 1.63. The maximum atomic E-state index is 12.4. The van der Waals surface area contributed by atoms with E-state index in [-0.39, 0.29) is 11.9 Å². The number of nitrogens with two attached hydrogens (primary N) is 1. The molecule has 0 saturated heterocycles. The molecule has 2 N–H and O–H groups in total. The summed E-state index contributed by atoms with van der Waals surface area (Å²) in [6.45, 7) is 0. The largest absolute Gasteiger partial charge is 0.366 e. The van der Waals surface area contributed by atoms with Crippen LogP contribution in [0.2, 0.25) is 0 Å². The number of hydrogen-bond acceptors (Lipinski definition) is 2. The third kappa shape index (κ3) is 3.38. The molecule has 0 saturated carbocycles. The molecule has 0 fully saturated rings. The first-order chi connectivity index (χ1) is 11.5. The van der Waals surface area contributed by atoms with Gasteiger partial charge in [0.2, 0.25) is 11.8 Å². The lowest BCUT2D eigenvalue weighted by atomic mass is 10.1. The van der Waals surface area contributed by atoms with Gasteiger partial charge in [0.1, 0.15) is 0 Å². The van der Waals surface area contributed by atoms with Crippen LogP contribution in [0, 0.1) is 0 Å². The minimum Gasteiger partial charge on any atom is -0.366 e. The standard InChI is InChI=1S/C20H20N2O2/c1-22(18-12-16-4-2-3-5-17(16)13-18)19(23)11-8-14-6-9-15(10-7-14)20(21)24/h2-11,18H,12-13H2,1H3,(H2,21,24). The molecule has 0 spiro atoms. The van der Waals surface area contributed by atoms with Crippen LogP contribution in [0.3, 0.4) is 0 Å². The Kier molecular flexibility index (Phi) is 4.47. The fourth-order valence-corrected chi connectivity index (χ4v) is 3.03. The Hall–Kier alpha value is -2.88. The number of likely N-dealkylation sites (N-methyl/N-ethyl adjacent to an activating group) is 1. The smallest absolute Gasteiger partial charge is 0.248 e. The molecule has 0 bridgehead atoms. The molecular formula is C20H20N2O2. The summed E-state index contributed by atoms with van der Waals surface area (Å²) in [5.74, 6) is -0.478. The number of fused-ring (bicyclic) bond motifs is 1. The lowest BCUT2D eigenvalue weighted by Gasteiger charge is -2.22. The van der Waals surface area contributed by atoms with Crippen LogP contribution in [0.15, 0.2) is 54.6 Å². The van der Waals surface area contributed by atoms with Gasteiger partial charge < -0.3 is 10.6 Å². The summed E-state index contributed by atoms with van der Waals surface area (Å²) in [5, 5.41) is 0. The van der Waals surface area contributed by atoms with Gasteiger partial charge in [-0.05, 0) is 47.7 Å². The van der Waals surface area contributed by atoms with E-state index in [1.54, 1.807) is 41.3 Å². The second-order valence-corrected chi connectivity index (χ2v) is 6.10. The van der Waals surface area contributed by atoms with Crippen LogP contribution in [-0.4, -0.2) is 29.8 Å². The van der Waals surface area contributed by atoms with E-state index >= 15 is 0 Å². The van der Waals surface area contributed by atoms with Crippen molar-refractivity contribution in [3.05, 3.63) is 76.9 Å². The zero-order chi connectivity index (χ0) is 17.1. The van der Waals surface area contributed by atoms with Gasteiger partial charge in [-0.25, -0.2) is 0 Å². The SMILES string of the molecule is CN(C(=O)C=Cc1ccc(C(N)=O)cc1)C1Cc2ccccc2C1. The molecule has 0 unspecified atom stereocenters. The van der Waals surface area contributed by atoms with Gasteiger partial charge in [0.05, 0.1) is 0 Å². The number of benzene rings is 2. The third-order valence-corrected chi connectivity index (χ3v) is 4.54. The van der Waals surface area contributed by atoms with Crippen LogP contribution in [0.1, 0.15) is 27.0 Å². The zero-order valence-corrected chi connectivity index (χ0v) is 13.6. The molecule has 0 radical (unpaired) electrons. The van der Waals surface area contributed by atoms with Crippen molar-refractivity contribution < 1.29 is 9.59 Å². The summed E-state index contributed by atoms with van der Waals surface area (Å²) in [5.41, 5.74) is 9.18. The third-order valence-electron chi connectivity index (χ3n) is 4.54. The number of hydrogen-bond donors (Lipinski definition) is 1. The highest BCUT2D eigenvalue weighted by molar-refractivity contribution is 5.94. The minimum absolute atomic E-state index is 0.0215. The van der Waals surface area contributed by atoms with Gasteiger partial charge in [-0.1, -0.05) is 36.4 Å². The van der Waals surface area contributed by atoms with E-state index < -0.39 is 5.91 Å². The molecule has 2 aromatic rings. The number of carbonyl (C=O) groups is 2. The molecule has 0 aromatic heterocycles. The molecular weight excluding hydrogens is 300 g/mol. The van der Waals surface area contributed by atoms with Gasteiger partial charge in [-0.2, -0.15) is 0 Å². The van der Waals surface area contributed by atoms with Gasteiger partial charge in [0.15, 0.2) is 0 Å². The van der Waals surface area contributed by atoms with Crippen molar-refractivity contribution in [2.24, 2.45) is 5.73 Å². The van der Waals surface area contributed by atoms with Crippen molar-refractivity contribution in [2.45, 2.75) is 18.9 Å². The lowest BCUT2D eigenvalue weighted by Crippen LogP contribution is -2.36. The monoisotopic (exact) mass is 320 g/mol. The minimum atomic E-state index is -0.456. The molecule has 24 heavy (non-hydrogen) atoms. The van der Waals surface area contributed by atoms with Crippen molar-refractivity contribution in [1.82, 2.24) is 4.90 Å². The van der Waals surface area contributed by atoms with Crippen LogP contribution in [0.25, 0.3) is 6.08 Å². The van der Waals surface area contributed by atoms with E-state index in [0.717, 1.165) is 18.4 Å².